The largest absolute Gasteiger partial charge is 0.346 e. The predicted molar refractivity (Wildman–Crippen MR) is 53.3 cm³/mol. The Labute approximate surface area is 82.2 Å². The van der Waals surface area contributed by atoms with Gasteiger partial charge in [0.2, 0.25) is 5.91 Å². The number of amides is 1. The van der Waals surface area contributed by atoms with Crippen molar-refractivity contribution in [3.8, 4) is 0 Å². The van der Waals surface area contributed by atoms with Gasteiger partial charge < -0.3 is 10.2 Å². The van der Waals surface area contributed by atoms with Crippen LogP contribution in [0.5, 0.6) is 0 Å². The molecule has 1 unspecified atom stereocenters. The molecule has 5 heteroatoms. The third-order valence-electron chi connectivity index (χ3n) is 2.56. The van der Waals surface area contributed by atoms with E-state index < -0.39 is 0 Å². The van der Waals surface area contributed by atoms with Gasteiger partial charge in [-0.25, -0.2) is 9.97 Å². The minimum Gasteiger partial charge on any atom is -0.346 e. The van der Waals surface area contributed by atoms with Gasteiger partial charge in [-0.2, -0.15) is 0 Å². The van der Waals surface area contributed by atoms with Crippen LogP contribution in [-0.4, -0.2) is 29.0 Å². The molecular formula is C9H12N4O. The minimum absolute atomic E-state index is 0.0158. The highest BCUT2D eigenvalue weighted by atomic mass is 16.2. The fourth-order valence-electron chi connectivity index (χ4n) is 1.46. The monoisotopic (exact) mass is 192 g/mol. The van der Waals surface area contributed by atoms with Crippen LogP contribution in [0.15, 0.2) is 6.33 Å². The van der Waals surface area contributed by atoms with Crippen LogP contribution in [0.2, 0.25) is 0 Å². The highest BCUT2D eigenvalue weighted by Gasteiger charge is 2.28. The van der Waals surface area contributed by atoms with Crippen molar-refractivity contribution in [1.29, 1.82) is 0 Å². The number of nitrogens with one attached hydrogen (secondary N) is 1. The van der Waals surface area contributed by atoms with E-state index in [0.717, 1.165) is 17.2 Å². The molecule has 1 aliphatic rings. The topological polar surface area (TPSA) is 58.1 Å². The average Bonchev–Trinajstić information content (AvgIpc) is 2.17. The Morgan fingerprint density at radius 2 is 2.21 bits per heavy atom. The Balaban J connectivity index is 2.56. The first-order valence-corrected chi connectivity index (χ1v) is 4.46. The summed E-state index contributed by atoms with van der Waals surface area (Å²) in [5, 5.41) is 2.80. The molecule has 1 amide bonds. The van der Waals surface area contributed by atoms with Gasteiger partial charge >= 0.3 is 0 Å². The molecule has 1 N–H and O–H groups in total. The third kappa shape index (κ3) is 1.13. The van der Waals surface area contributed by atoms with Gasteiger partial charge in [-0.15, -0.1) is 0 Å². The molecule has 2 heterocycles. The highest BCUT2D eigenvalue weighted by Crippen LogP contribution is 2.29. The molecule has 0 aliphatic carbocycles. The summed E-state index contributed by atoms with van der Waals surface area (Å²) in [4.78, 5) is 21.5. The Hall–Kier alpha value is -1.65. The molecule has 1 aliphatic heterocycles. The molecule has 0 fully saturated rings. The molecular weight excluding hydrogens is 180 g/mol. The van der Waals surface area contributed by atoms with Crippen molar-refractivity contribution in [3.05, 3.63) is 12.0 Å². The number of likely N-dealkylation sites (N-methyl/N-ethyl adjacent to an activating group) is 1. The number of anilines is 2. The quantitative estimate of drug-likeness (QED) is 0.652. The second kappa shape index (κ2) is 2.94. The number of carbonyl (C=O) groups is 1. The molecule has 0 saturated heterocycles. The fourth-order valence-corrected chi connectivity index (χ4v) is 1.46. The van der Waals surface area contributed by atoms with E-state index >= 15 is 0 Å². The second-order valence-corrected chi connectivity index (χ2v) is 3.43. The van der Waals surface area contributed by atoms with Crippen LogP contribution in [0.1, 0.15) is 12.6 Å². The molecule has 1 atom stereocenters. The van der Waals surface area contributed by atoms with Crippen molar-refractivity contribution < 1.29 is 4.79 Å². The highest BCUT2D eigenvalue weighted by molar-refractivity contribution is 6.02. The van der Waals surface area contributed by atoms with Gasteiger partial charge in [0.1, 0.15) is 18.1 Å². The summed E-state index contributed by atoms with van der Waals surface area (Å²) in [6, 6.07) is -0.184. The van der Waals surface area contributed by atoms with Gasteiger partial charge in [-0.1, -0.05) is 0 Å². The maximum atomic E-state index is 11.5. The van der Waals surface area contributed by atoms with E-state index in [1.165, 1.54) is 6.33 Å². The molecule has 74 valence electrons. The van der Waals surface area contributed by atoms with Gasteiger partial charge in [0, 0.05) is 7.05 Å². The number of aryl methyl sites for hydroxylation is 1. The van der Waals surface area contributed by atoms with Crippen LogP contribution in [0.4, 0.5) is 11.5 Å². The first-order chi connectivity index (χ1) is 6.61. The van der Waals surface area contributed by atoms with Crippen molar-refractivity contribution in [2.24, 2.45) is 0 Å². The van der Waals surface area contributed by atoms with Crippen molar-refractivity contribution in [1.82, 2.24) is 9.97 Å². The van der Waals surface area contributed by atoms with Crippen LogP contribution < -0.4 is 10.2 Å². The zero-order valence-corrected chi connectivity index (χ0v) is 8.40. The number of hydrogen-bond donors (Lipinski definition) is 1. The molecule has 1 aromatic heterocycles. The van der Waals surface area contributed by atoms with Crippen molar-refractivity contribution >= 4 is 17.4 Å². The van der Waals surface area contributed by atoms with E-state index in [0.29, 0.717) is 0 Å². The van der Waals surface area contributed by atoms with E-state index in [1.807, 2.05) is 25.8 Å². The average molecular weight is 192 g/mol. The van der Waals surface area contributed by atoms with Gasteiger partial charge in [0.15, 0.2) is 5.82 Å². The van der Waals surface area contributed by atoms with E-state index in [2.05, 4.69) is 15.3 Å². The predicted octanol–water partition coefficient (Wildman–Crippen LogP) is 0.562. The SMILES string of the molecule is Cc1ncnc2c1NC(=O)C(C)N2C. The van der Waals surface area contributed by atoms with Crippen molar-refractivity contribution in [2.45, 2.75) is 19.9 Å². The van der Waals surface area contributed by atoms with Crippen molar-refractivity contribution in [3.63, 3.8) is 0 Å². The van der Waals surface area contributed by atoms with E-state index in [9.17, 15) is 4.79 Å². The van der Waals surface area contributed by atoms with Gasteiger partial charge in [0.05, 0.1) is 5.69 Å². The number of fused-ring (bicyclic) bond motifs is 1. The van der Waals surface area contributed by atoms with Crippen LogP contribution >= 0.6 is 0 Å². The van der Waals surface area contributed by atoms with Gasteiger partial charge in [0.25, 0.3) is 0 Å². The fraction of sp³-hybridized carbons (Fsp3) is 0.444. The maximum absolute atomic E-state index is 11.5. The molecule has 0 aromatic carbocycles. The van der Waals surface area contributed by atoms with Gasteiger partial charge in [-0.05, 0) is 13.8 Å². The molecule has 0 bridgehead atoms. The Morgan fingerprint density at radius 1 is 1.50 bits per heavy atom. The van der Waals surface area contributed by atoms with Gasteiger partial charge in [-0.3, -0.25) is 4.79 Å². The summed E-state index contributed by atoms with van der Waals surface area (Å²) in [5.74, 6) is 0.766. The van der Waals surface area contributed by atoms with Crippen LogP contribution in [-0.2, 0) is 4.79 Å². The lowest BCUT2D eigenvalue weighted by atomic mass is 10.2. The smallest absolute Gasteiger partial charge is 0.246 e. The summed E-state index contributed by atoms with van der Waals surface area (Å²) < 4.78 is 0. The number of carbonyl (C=O) groups excluding carboxylic acids is 1. The molecule has 2 rings (SSSR count). The minimum atomic E-state index is -0.184. The molecule has 0 radical (unpaired) electrons. The molecule has 0 spiro atoms. The molecule has 5 nitrogen and oxygen atoms in total. The van der Waals surface area contributed by atoms with E-state index in [1.54, 1.807) is 0 Å². The molecule has 1 aromatic rings. The Morgan fingerprint density at radius 3 is 2.93 bits per heavy atom. The van der Waals surface area contributed by atoms with Crippen LogP contribution in [0.25, 0.3) is 0 Å². The summed E-state index contributed by atoms with van der Waals surface area (Å²) in [7, 11) is 1.86. The van der Waals surface area contributed by atoms with Crippen LogP contribution in [0.3, 0.4) is 0 Å². The number of hydrogen-bond acceptors (Lipinski definition) is 4. The van der Waals surface area contributed by atoms with E-state index in [4.69, 9.17) is 0 Å². The second-order valence-electron chi connectivity index (χ2n) is 3.43. The first-order valence-electron chi connectivity index (χ1n) is 4.46. The lowest BCUT2D eigenvalue weighted by molar-refractivity contribution is -0.117. The summed E-state index contributed by atoms with van der Waals surface area (Å²) in [6.07, 6.45) is 1.51. The summed E-state index contributed by atoms with van der Waals surface area (Å²) >= 11 is 0. The standard InChI is InChI=1S/C9H12N4O/c1-5-7-8(11-4-10-5)13(3)6(2)9(14)12-7/h4,6H,1-3H3,(H,12,14). The maximum Gasteiger partial charge on any atom is 0.246 e. The summed E-state index contributed by atoms with van der Waals surface area (Å²) in [5.41, 5.74) is 1.51. The number of nitrogens with zero attached hydrogens (tertiary/aromatic N) is 3. The zero-order chi connectivity index (χ0) is 10.3. The van der Waals surface area contributed by atoms with Crippen molar-refractivity contribution in [2.75, 3.05) is 17.3 Å². The normalized spacial score (nSPS) is 20.4. The Kier molecular flexibility index (Phi) is 1.87. The summed E-state index contributed by atoms with van der Waals surface area (Å²) in [6.45, 7) is 3.69. The van der Waals surface area contributed by atoms with E-state index in [-0.39, 0.29) is 11.9 Å². The number of rotatable bonds is 0. The first kappa shape index (κ1) is 8.93. The Bertz CT molecular complexity index is 390. The molecule has 14 heavy (non-hydrogen) atoms. The number of aromatic nitrogens is 2. The van der Waals surface area contributed by atoms with Crippen LogP contribution in [0, 0.1) is 6.92 Å². The third-order valence-corrected chi connectivity index (χ3v) is 2.56. The lowest BCUT2D eigenvalue weighted by Gasteiger charge is -2.32. The zero-order valence-electron chi connectivity index (χ0n) is 8.40. The molecule has 0 saturated carbocycles. The lowest BCUT2D eigenvalue weighted by Crippen LogP contribution is -2.44.